The van der Waals surface area contributed by atoms with Crippen LogP contribution in [-0.2, 0) is 4.79 Å². The van der Waals surface area contributed by atoms with Gasteiger partial charge in [0.15, 0.2) is 12.2 Å². The van der Waals surface area contributed by atoms with Gasteiger partial charge < -0.3 is 9.73 Å². The number of nitrogens with zero attached hydrogens (tertiary/aromatic N) is 1. The summed E-state index contributed by atoms with van der Waals surface area (Å²) in [6.07, 6.45) is 3.75. The van der Waals surface area contributed by atoms with Crippen molar-refractivity contribution in [2.75, 3.05) is 6.54 Å². The lowest BCUT2D eigenvalue weighted by molar-refractivity contribution is -0.119. The van der Waals surface area contributed by atoms with Crippen LogP contribution in [0, 0.1) is 5.92 Å². The number of nitrogens with one attached hydrogen (secondary N) is 1. The van der Waals surface area contributed by atoms with E-state index in [9.17, 15) is 9.59 Å². The molecule has 0 radical (unpaired) electrons. The molecule has 1 amide bonds. The van der Waals surface area contributed by atoms with E-state index in [0.717, 1.165) is 5.56 Å². The minimum absolute atomic E-state index is 0.0562. The summed E-state index contributed by atoms with van der Waals surface area (Å²) in [5.74, 6) is -0.123. The van der Waals surface area contributed by atoms with E-state index >= 15 is 0 Å². The molecule has 5 heteroatoms. The molecule has 2 unspecified atom stereocenters. The Morgan fingerprint density at radius 1 is 1.38 bits per heavy atom. The molecule has 1 fully saturated rings. The molecule has 3 rings (SSSR count). The minimum Gasteiger partial charge on any atom is -0.451 e. The molecule has 0 spiro atoms. The number of ketones is 1. The number of amides is 1. The van der Waals surface area contributed by atoms with Crippen molar-refractivity contribution in [1.82, 2.24) is 10.3 Å². The van der Waals surface area contributed by atoms with Crippen LogP contribution in [0.1, 0.15) is 34.8 Å². The standard InChI is InChI=1S/C16H16N2O3/c19-15-7-11(8-17-15)6-13(12-4-2-1-3-5-12)16(20)14-9-21-10-18-14/h1-5,9-11,13H,6-8H2,(H,17,19). The number of oxazole rings is 1. The summed E-state index contributed by atoms with van der Waals surface area (Å²) in [5.41, 5.74) is 1.28. The van der Waals surface area contributed by atoms with E-state index in [0.29, 0.717) is 25.1 Å². The summed E-state index contributed by atoms with van der Waals surface area (Å²) in [5, 5.41) is 2.82. The van der Waals surface area contributed by atoms with Crippen molar-refractivity contribution in [2.24, 2.45) is 5.92 Å². The minimum atomic E-state index is -0.297. The van der Waals surface area contributed by atoms with Gasteiger partial charge in [0.05, 0.1) is 0 Å². The van der Waals surface area contributed by atoms with E-state index in [4.69, 9.17) is 4.42 Å². The van der Waals surface area contributed by atoms with E-state index in [1.54, 1.807) is 0 Å². The fourth-order valence-electron chi connectivity index (χ4n) is 2.76. The number of carbonyl (C=O) groups is 2. The van der Waals surface area contributed by atoms with Crippen LogP contribution in [0.5, 0.6) is 0 Å². The SMILES string of the molecule is O=C1CC(CC(C(=O)c2cocn2)c2ccccc2)CN1. The van der Waals surface area contributed by atoms with Crippen LogP contribution in [-0.4, -0.2) is 23.2 Å². The molecule has 0 bridgehead atoms. The molecule has 1 aromatic carbocycles. The molecule has 1 aliphatic rings. The van der Waals surface area contributed by atoms with Crippen LogP contribution >= 0.6 is 0 Å². The maximum atomic E-state index is 12.6. The van der Waals surface area contributed by atoms with Crippen molar-refractivity contribution in [1.29, 1.82) is 0 Å². The van der Waals surface area contributed by atoms with Gasteiger partial charge >= 0.3 is 0 Å². The summed E-state index contributed by atoms with van der Waals surface area (Å²) in [6.45, 7) is 0.633. The number of carbonyl (C=O) groups excluding carboxylic acids is 2. The van der Waals surface area contributed by atoms with Gasteiger partial charge in [-0.3, -0.25) is 9.59 Å². The summed E-state index contributed by atoms with van der Waals surface area (Å²) in [7, 11) is 0. The van der Waals surface area contributed by atoms with Gasteiger partial charge in [0, 0.05) is 18.9 Å². The number of aromatic nitrogens is 1. The zero-order valence-corrected chi connectivity index (χ0v) is 11.5. The monoisotopic (exact) mass is 284 g/mol. The Balaban J connectivity index is 1.84. The summed E-state index contributed by atoms with van der Waals surface area (Å²) >= 11 is 0. The smallest absolute Gasteiger partial charge is 0.220 e. The van der Waals surface area contributed by atoms with Gasteiger partial charge in [0.2, 0.25) is 5.91 Å². The van der Waals surface area contributed by atoms with Gasteiger partial charge in [0.1, 0.15) is 12.0 Å². The highest BCUT2D eigenvalue weighted by molar-refractivity contribution is 5.99. The summed E-state index contributed by atoms with van der Waals surface area (Å²) in [6, 6.07) is 9.62. The Labute approximate surface area is 122 Å². The first kappa shape index (κ1) is 13.5. The van der Waals surface area contributed by atoms with Gasteiger partial charge in [-0.05, 0) is 17.9 Å². The van der Waals surface area contributed by atoms with Gasteiger partial charge in [-0.15, -0.1) is 0 Å². The third-order valence-electron chi connectivity index (χ3n) is 3.83. The molecular weight excluding hydrogens is 268 g/mol. The van der Waals surface area contributed by atoms with Crippen molar-refractivity contribution in [2.45, 2.75) is 18.8 Å². The van der Waals surface area contributed by atoms with Crippen molar-refractivity contribution in [3.63, 3.8) is 0 Å². The highest BCUT2D eigenvalue weighted by Gasteiger charge is 2.30. The lowest BCUT2D eigenvalue weighted by atomic mass is 9.84. The fourth-order valence-corrected chi connectivity index (χ4v) is 2.76. The zero-order chi connectivity index (χ0) is 14.7. The third-order valence-corrected chi connectivity index (χ3v) is 3.83. The first-order chi connectivity index (χ1) is 10.2. The van der Waals surface area contributed by atoms with E-state index < -0.39 is 0 Å². The molecule has 0 aliphatic carbocycles. The predicted octanol–water partition coefficient (Wildman–Crippen LogP) is 2.17. The second-order valence-corrected chi connectivity index (χ2v) is 5.31. The Morgan fingerprint density at radius 3 is 2.81 bits per heavy atom. The van der Waals surface area contributed by atoms with Gasteiger partial charge in [-0.2, -0.15) is 0 Å². The number of benzene rings is 1. The second kappa shape index (κ2) is 5.91. The zero-order valence-electron chi connectivity index (χ0n) is 11.5. The maximum Gasteiger partial charge on any atom is 0.220 e. The van der Waals surface area contributed by atoms with Crippen molar-refractivity contribution in [3.05, 3.63) is 54.2 Å². The first-order valence-electron chi connectivity index (χ1n) is 6.98. The first-order valence-corrected chi connectivity index (χ1v) is 6.98. The maximum absolute atomic E-state index is 12.6. The predicted molar refractivity (Wildman–Crippen MR) is 75.8 cm³/mol. The number of Topliss-reactive ketones (excluding diaryl/α,β-unsaturated/α-hetero) is 1. The van der Waals surface area contributed by atoms with Gasteiger partial charge in [0.25, 0.3) is 0 Å². The van der Waals surface area contributed by atoms with Crippen LogP contribution < -0.4 is 5.32 Å². The highest BCUT2D eigenvalue weighted by Crippen LogP contribution is 2.30. The van der Waals surface area contributed by atoms with Crippen molar-refractivity contribution < 1.29 is 14.0 Å². The normalized spacial score (nSPS) is 19.2. The Bertz CT molecular complexity index is 622. The largest absolute Gasteiger partial charge is 0.451 e. The Hall–Kier alpha value is -2.43. The lowest BCUT2D eigenvalue weighted by Gasteiger charge is -2.18. The highest BCUT2D eigenvalue weighted by atomic mass is 16.3. The third kappa shape index (κ3) is 3.02. The molecule has 2 atom stereocenters. The van der Waals surface area contributed by atoms with E-state index in [-0.39, 0.29) is 23.5 Å². The van der Waals surface area contributed by atoms with Crippen LogP contribution in [0.25, 0.3) is 0 Å². The molecule has 1 N–H and O–H groups in total. The fraction of sp³-hybridized carbons (Fsp3) is 0.312. The topological polar surface area (TPSA) is 72.2 Å². The Morgan fingerprint density at radius 2 is 2.19 bits per heavy atom. The molecule has 21 heavy (non-hydrogen) atoms. The van der Waals surface area contributed by atoms with Gasteiger partial charge in [-0.25, -0.2) is 4.98 Å². The molecule has 2 heterocycles. The second-order valence-electron chi connectivity index (χ2n) is 5.31. The van der Waals surface area contributed by atoms with Crippen LogP contribution in [0.3, 0.4) is 0 Å². The van der Waals surface area contributed by atoms with Crippen LogP contribution in [0.4, 0.5) is 0 Å². The summed E-state index contributed by atoms with van der Waals surface area (Å²) < 4.78 is 4.91. The molecule has 2 aromatic rings. The average molecular weight is 284 g/mol. The van der Waals surface area contributed by atoms with Crippen molar-refractivity contribution >= 4 is 11.7 Å². The summed E-state index contributed by atoms with van der Waals surface area (Å²) in [4.78, 5) is 27.9. The van der Waals surface area contributed by atoms with E-state index in [2.05, 4.69) is 10.3 Å². The average Bonchev–Trinajstić information content (AvgIpc) is 3.16. The number of hydrogen-bond acceptors (Lipinski definition) is 4. The molecule has 0 saturated carbocycles. The van der Waals surface area contributed by atoms with Gasteiger partial charge in [-0.1, -0.05) is 30.3 Å². The Kier molecular flexibility index (Phi) is 3.81. The molecular formula is C16H16N2O3. The van der Waals surface area contributed by atoms with Crippen molar-refractivity contribution in [3.8, 4) is 0 Å². The molecule has 5 nitrogen and oxygen atoms in total. The van der Waals surface area contributed by atoms with E-state index in [1.807, 2.05) is 30.3 Å². The molecule has 108 valence electrons. The molecule has 1 saturated heterocycles. The van der Waals surface area contributed by atoms with E-state index in [1.165, 1.54) is 12.7 Å². The number of hydrogen-bond donors (Lipinski definition) is 1. The quantitative estimate of drug-likeness (QED) is 0.854. The lowest BCUT2D eigenvalue weighted by Crippen LogP contribution is -2.19. The molecule has 1 aromatic heterocycles. The number of rotatable bonds is 5. The van der Waals surface area contributed by atoms with Crippen LogP contribution in [0.2, 0.25) is 0 Å². The molecule has 1 aliphatic heterocycles. The van der Waals surface area contributed by atoms with Crippen LogP contribution in [0.15, 0.2) is 47.4 Å².